The third-order valence-electron chi connectivity index (χ3n) is 5.00. The summed E-state index contributed by atoms with van der Waals surface area (Å²) in [5, 5.41) is 14.4. The summed E-state index contributed by atoms with van der Waals surface area (Å²) in [5.41, 5.74) is 0.243. The molecule has 3 rings (SSSR count). The SMILES string of the molecule is CNC1CC(Oc2ccccc2[N+](=O)[O-])C12CCCC2. The van der Waals surface area contributed by atoms with Gasteiger partial charge in [-0.2, -0.15) is 0 Å². The van der Waals surface area contributed by atoms with E-state index >= 15 is 0 Å². The largest absolute Gasteiger partial charge is 0.483 e. The number of hydrogen-bond donors (Lipinski definition) is 1. The molecule has 0 radical (unpaired) electrons. The van der Waals surface area contributed by atoms with E-state index in [2.05, 4.69) is 5.32 Å². The molecule has 0 bridgehead atoms. The summed E-state index contributed by atoms with van der Waals surface area (Å²) in [6, 6.07) is 7.15. The van der Waals surface area contributed by atoms with Gasteiger partial charge in [-0.1, -0.05) is 25.0 Å². The highest BCUT2D eigenvalue weighted by molar-refractivity contribution is 5.46. The van der Waals surface area contributed by atoms with E-state index in [0.717, 1.165) is 19.3 Å². The number of nitro benzene ring substituents is 1. The number of hydrogen-bond acceptors (Lipinski definition) is 4. The first-order chi connectivity index (χ1) is 9.67. The molecular formula is C15H20N2O3. The van der Waals surface area contributed by atoms with Crippen molar-refractivity contribution in [3.63, 3.8) is 0 Å². The van der Waals surface area contributed by atoms with Crippen molar-refractivity contribution in [2.75, 3.05) is 7.05 Å². The minimum atomic E-state index is -0.370. The van der Waals surface area contributed by atoms with Gasteiger partial charge in [0.15, 0.2) is 5.75 Å². The summed E-state index contributed by atoms with van der Waals surface area (Å²) < 4.78 is 6.03. The number of benzene rings is 1. The topological polar surface area (TPSA) is 64.4 Å². The maximum atomic E-state index is 11.1. The number of rotatable bonds is 4. The number of para-hydroxylation sites is 2. The first-order valence-corrected chi connectivity index (χ1v) is 7.25. The van der Waals surface area contributed by atoms with E-state index in [0.29, 0.717) is 11.8 Å². The Balaban J connectivity index is 1.80. The molecule has 0 saturated heterocycles. The monoisotopic (exact) mass is 276 g/mol. The quantitative estimate of drug-likeness (QED) is 0.678. The number of nitro groups is 1. The highest BCUT2D eigenvalue weighted by atomic mass is 16.6. The predicted octanol–water partition coefficient (Wildman–Crippen LogP) is 2.89. The van der Waals surface area contributed by atoms with Gasteiger partial charge in [-0.25, -0.2) is 0 Å². The van der Waals surface area contributed by atoms with Gasteiger partial charge in [0, 0.05) is 23.9 Å². The normalized spacial score (nSPS) is 27.2. The van der Waals surface area contributed by atoms with E-state index in [4.69, 9.17) is 4.74 Å². The second kappa shape index (κ2) is 5.05. The summed E-state index contributed by atoms with van der Waals surface area (Å²) in [6.07, 6.45) is 5.81. The highest BCUT2D eigenvalue weighted by Gasteiger charge is 2.57. The van der Waals surface area contributed by atoms with Crippen LogP contribution in [0.15, 0.2) is 24.3 Å². The molecule has 2 aliphatic carbocycles. The molecule has 2 saturated carbocycles. The van der Waals surface area contributed by atoms with Crippen LogP contribution in [-0.2, 0) is 0 Å². The van der Waals surface area contributed by atoms with E-state index in [1.54, 1.807) is 18.2 Å². The molecule has 1 aromatic carbocycles. The van der Waals surface area contributed by atoms with E-state index in [1.165, 1.54) is 18.9 Å². The molecule has 2 unspecified atom stereocenters. The van der Waals surface area contributed by atoms with Crippen molar-refractivity contribution in [2.45, 2.75) is 44.2 Å². The molecule has 0 heterocycles. The summed E-state index contributed by atoms with van der Waals surface area (Å²) >= 11 is 0. The number of nitrogens with one attached hydrogen (secondary N) is 1. The molecule has 1 N–H and O–H groups in total. The predicted molar refractivity (Wildman–Crippen MR) is 75.9 cm³/mol. The Bertz CT molecular complexity index is 512. The lowest BCUT2D eigenvalue weighted by Crippen LogP contribution is -2.63. The maximum Gasteiger partial charge on any atom is 0.310 e. The fourth-order valence-corrected chi connectivity index (χ4v) is 3.88. The Kier molecular flexibility index (Phi) is 3.38. The van der Waals surface area contributed by atoms with Crippen molar-refractivity contribution in [3.8, 4) is 5.75 Å². The van der Waals surface area contributed by atoms with Gasteiger partial charge in [-0.15, -0.1) is 0 Å². The van der Waals surface area contributed by atoms with Crippen molar-refractivity contribution in [1.82, 2.24) is 5.32 Å². The minimum absolute atomic E-state index is 0.0635. The van der Waals surface area contributed by atoms with Crippen LogP contribution < -0.4 is 10.1 Å². The zero-order valence-corrected chi connectivity index (χ0v) is 11.7. The van der Waals surface area contributed by atoms with Crippen molar-refractivity contribution in [1.29, 1.82) is 0 Å². The first kappa shape index (κ1) is 13.4. The first-order valence-electron chi connectivity index (χ1n) is 7.25. The third kappa shape index (κ3) is 1.97. The zero-order chi connectivity index (χ0) is 14.2. The highest BCUT2D eigenvalue weighted by Crippen LogP contribution is 2.55. The van der Waals surface area contributed by atoms with Crippen molar-refractivity contribution < 1.29 is 9.66 Å². The van der Waals surface area contributed by atoms with Crippen LogP contribution in [0.25, 0.3) is 0 Å². The van der Waals surface area contributed by atoms with Crippen LogP contribution in [0.2, 0.25) is 0 Å². The van der Waals surface area contributed by atoms with E-state index < -0.39 is 0 Å². The number of nitrogens with zero attached hydrogens (tertiary/aromatic N) is 1. The molecule has 2 fully saturated rings. The molecule has 2 aliphatic rings. The van der Waals surface area contributed by atoms with Gasteiger partial charge < -0.3 is 10.1 Å². The molecular weight excluding hydrogens is 256 g/mol. The second-order valence-electron chi connectivity index (χ2n) is 5.85. The average molecular weight is 276 g/mol. The van der Waals surface area contributed by atoms with Crippen molar-refractivity contribution in [3.05, 3.63) is 34.4 Å². The van der Waals surface area contributed by atoms with E-state index in [1.807, 2.05) is 7.05 Å². The lowest BCUT2D eigenvalue weighted by molar-refractivity contribution is -0.386. The van der Waals surface area contributed by atoms with Gasteiger partial charge >= 0.3 is 5.69 Å². The lowest BCUT2D eigenvalue weighted by atomic mass is 9.60. The van der Waals surface area contributed by atoms with Crippen LogP contribution >= 0.6 is 0 Å². The number of ether oxygens (including phenoxy) is 1. The fourth-order valence-electron chi connectivity index (χ4n) is 3.88. The van der Waals surface area contributed by atoms with E-state index in [9.17, 15) is 10.1 Å². The Morgan fingerprint density at radius 3 is 2.70 bits per heavy atom. The Labute approximate surface area is 118 Å². The fraction of sp³-hybridized carbons (Fsp3) is 0.600. The van der Waals surface area contributed by atoms with Crippen LogP contribution in [0.1, 0.15) is 32.1 Å². The molecule has 20 heavy (non-hydrogen) atoms. The van der Waals surface area contributed by atoms with Crippen LogP contribution in [0.3, 0.4) is 0 Å². The second-order valence-corrected chi connectivity index (χ2v) is 5.85. The Hall–Kier alpha value is -1.62. The average Bonchev–Trinajstić information content (AvgIpc) is 2.95. The summed E-state index contributed by atoms with van der Waals surface area (Å²) in [4.78, 5) is 10.7. The Morgan fingerprint density at radius 1 is 1.35 bits per heavy atom. The standard InChI is InChI=1S/C15H20N2O3/c1-16-13-10-14(15(13)8-4-5-9-15)20-12-7-3-2-6-11(12)17(18)19/h2-3,6-7,13-14,16H,4-5,8-10H2,1H3. The van der Waals surface area contributed by atoms with Crippen molar-refractivity contribution in [2.24, 2.45) is 5.41 Å². The van der Waals surface area contributed by atoms with Crippen LogP contribution in [0.5, 0.6) is 5.75 Å². The van der Waals surface area contributed by atoms with Gasteiger partial charge in [0.25, 0.3) is 0 Å². The summed E-state index contributed by atoms with van der Waals surface area (Å²) in [5.74, 6) is 0.406. The van der Waals surface area contributed by atoms with Gasteiger partial charge in [0.2, 0.25) is 0 Å². The smallest absolute Gasteiger partial charge is 0.310 e. The van der Waals surface area contributed by atoms with E-state index in [-0.39, 0.29) is 22.1 Å². The van der Waals surface area contributed by atoms with Gasteiger partial charge in [-0.05, 0) is 26.0 Å². The molecule has 5 nitrogen and oxygen atoms in total. The molecule has 0 aliphatic heterocycles. The lowest BCUT2D eigenvalue weighted by Gasteiger charge is -2.53. The molecule has 108 valence electrons. The Morgan fingerprint density at radius 2 is 2.05 bits per heavy atom. The molecule has 1 aromatic rings. The maximum absolute atomic E-state index is 11.1. The third-order valence-corrected chi connectivity index (χ3v) is 5.00. The van der Waals surface area contributed by atoms with Crippen LogP contribution in [-0.4, -0.2) is 24.1 Å². The van der Waals surface area contributed by atoms with Crippen LogP contribution in [0.4, 0.5) is 5.69 Å². The molecule has 2 atom stereocenters. The van der Waals surface area contributed by atoms with Crippen LogP contribution in [0, 0.1) is 15.5 Å². The molecule has 0 amide bonds. The zero-order valence-electron chi connectivity index (χ0n) is 11.7. The van der Waals surface area contributed by atoms with Gasteiger partial charge in [-0.3, -0.25) is 10.1 Å². The van der Waals surface area contributed by atoms with Gasteiger partial charge in [0.1, 0.15) is 6.10 Å². The summed E-state index contributed by atoms with van der Waals surface area (Å²) in [6.45, 7) is 0. The minimum Gasteiger partial charge on any atom is -0.483 e. The van der Waals surface area contributed by atoms with Crippen molar-refractivity contribution >= 4 is 5.69 Å². The molecule has 0 aromatic heterocycles. The van der Waals surface area contributed by atoms with Gasteiger partial charge in [0.05, 0.1) is 4.92 Å². The molecule has 1 spiro atoms. The molecule has 5 heteroatoms. The summed E-state index contributed by atoms with van der Waals surface area (Å²) in [7, 11) is 1.99.